The fourth-order valence-corrected chi connectivity index (χ4v) is 1.76. The molecule has 1 N–H and O–H groups in total. The van der Waals surface area contributed by atoms with E-state index < -0.39 is 0 Å². The van der Waals surface area contributed by atoms with E-state index in [1.54, 1.807) is 7.11 Å². The lowest BCUT2D eigenvalue weighted by Gasteiger charge is -1.97. The van der Waals surface area contributed by atoms with Crippen LogP contribution in [0.1, 0.15) is 6.42 Å². The normalized spacial score (nSPS) is 12.9. The minimum absolute atomic E-state index is 0.540. The Morgan fingerprint density at radius 3 is 2.90 bits per heavy atom. The average Bonchev–Trinajstić information content (AvgIpc) is 1.97. The largest absolute Gasteiger partial charge is 0.384 e. The van der Waals surface area contributed by atoms with Gasteiger partial charge in [0.15, 0.2) is 0 Å². The van der Waals surface area contributed by atoms with E-state index >= 15 is 0 Å². The maximum absolute atomic E-state index is 9.13. The minimum atomic E-state index is 0.540. The van der Waals surface area contributed by atoms with Gasteiger partial charge in [0.05, 0.1) is 11.7 Å². The van der Waals surface area contributed by atoms with Crippen LogP contribution >= 0.6 is 33.9 Å². The van der Waals surface area contributed by atoms with Crippen LogP contribution in [0.5, 0.6) is 0 Å². The van der Waals surface area contributed by atoms with E-state index in [1.807, 2.05) is 0 Å². The van der Waals surface area contributed by atoms with Gasteiger partial charge in [-0.15, -0.1) is 0 Å². The lowest BCUT2D eigenvalue weighted by molar-refractivity contribution is 0.204. The molecule has 62 valence electrons. The van der Waals surface area contributed by atoms with E-state index in [0.29, 0.717) is 18.1 Å². The van der Waals surface area contributed by atoms with Gasteiger partial charge in [0, 0.05) is 18.0 Å². The summed E-state index contributed by atoms with van der Waals surface area (Å²) >= 11 is 3.35. The number of alkyl halides is 1. The van der Waals surface area contributed by atoms with Gasteiger partial charge in [-0.1, -0.05) is 22.6 Å². The lowest BCUT2D eigenvalue weighted by Crippen LogP contribution is -1.99. The van der Waals surface area contributed by atoms with Gasteiger partial charge in [-0.25, -0.2) is 0 Å². The number of aliphatic hydroxyl groups is 1. The van der Waals surface area contributed by atoms with Crippen molar-refractivity contribution in [3.63, 3.8) is 0 Å². The second kappa shape index (κ2) is 7.97. The zero-order valence-corrected chi connectivity index (χ0v) is 9.06. The van der Waals surface area contributed by atoms with E-state index in [4.69, 9.17) is 9.84 Å². The predicted molar refractivity (Wildman–Crippen MR) is 56.9 cm³/mol. The standard InChI is InChI=1S/C6H13IO2S/c1-9-4-2-6(8)10-5-3-7/h8,10H,2-5H2,1H3. The zero-order valence-electron chi connectivity index (χ0n) is 6.01. The fraction of sp³-hybridized carbons (Fsp3) is 0.833. The molecular weight excluding hydrogens is 263 g/mol. The van der Waals surface area contributed by atoms with Crippen molar-refractivity contribution in [2.75, 3.05) is 23.9 Å². The molecule has 0 spiro atoms. The minimum Gasteiger partial charge on any atom is -0.384 e. The molecule has 0 bridgehead atoms. The van der Waals surface area contributed by atoms with Crippen LogP contribution in [0.3, 0.4) is 0 Å². The smallest absolute Gasteiger partial charge is 0.0718 e. The Kier molecular flexibility index (Phi) is 8.66. The first-order valence-corrected chi connectivity index (χ1v) is 5.69. The monoisotopic (exact) mass is 276 g/mol. The molecule has 0 radical (unpaired) electrons. The molecule has 0 fully saturated rings. The summed E-state index contributed by atoms with van der Waals surface area (Å²) in [5, 5.41) is 9.67. The topological polar surface area (TPSA) is 29.5 Å². The number of methoxy groups -OCH3 is 1. The van der Waals surface area contributed by atoms with E-state index in [-0.39, 0.29) is 0 Å². The molecule has 0 atom stereocenters. The molecule has 0 saturated carbocycles. The zero-order chi connectivity index (χ0) is 7.82. The van der Waals surface area contributed by atoms with Crippen molar-refractivity contribution in [2.24, 2.45) is 0 Å². The van der Waals surface area contributed by atoms with E-state index in [2.05, 4.69) is 22.6 Å². The molecule has 0 aromatic rings. The Labute approximate surface area is 79.1 Å². The van der Waals surface area contributed by atoms with Crippen LogP contribution in [0.4, 0.5) is 0 Å². The molecule has 0 amide bonds. The second-order valence-electron chi connectivity index (χ2n) is 1.73. The van der Waals surface area contributed by atoms with Crippen molar-refractivity contribution in [3.05, 3.63) is 0 Å². The maximum atomic E-state index is 9.13. The molecule has 10 heavy (non-hydrogen) atoms. The third kappa shape index (κ3) is 6.98. The van der Waals surface area contributed by atoms with Crippen LogP contribution in [0.25, 0.3) is 0 Å². The highest BCUT2D eigenvalue weighted by Crippen LogP contribution is 1.96. The van der Waals surface area contributed by atoms with E-state index in [1.165, 1.54) is 0 Å². The summed E-state index contributed by atoms with van der Waals surface area (Å²) in [7, 11) is 1.64. The Morgan fingerprint density at radius 1 is 1.70 bits per heavy atom. The highest BCUT2D eigenvalue weighted by molar-refractivity contribution is 14.1. The quantitative estimate of drug-likeness (QED) is 0.346. The average molecular weight is 276 g/mol. The molecule has 0 unspecified atom stereocenters. The Balaban J connectivity index is 3.30. The Hall–Kier alpha value is 0.870. The number of hydrogen-bond donors (Lipinski definition) is 2. The van der Waals surface area contributed by atoms with Gasteiger partial charge in [0.25, 0.3) is 0 Å². The Morgan fingerprint density at radius 2 is 2.40 bits per heavy atom. The van der Waals surface area contributed by atoms with Gasteiger partial charge in [-0.05, 0) is 5.75 Å². The van der Waals surface area contributed by atoms with Crippen LogP contribution < -0.4 is 0 Å². The van der Waals surface area contributed by atoms with E-state index in [0.717, 1.165) is 21.5 Å². The van der Waals surface area contributed by atoms with Gasteiger partial charge in [0.1, 0.15) is 0 Å². The highest BCUT2D eigenvalue weighted by atomic mass is 127. The van der Waals surface area contributed by atoms with Gasteiger partial charge >= 0.3 is 0 Å². The molecule has 2 nitrogen and oxygen atoms in total. The van der Waals surface area contributed by atoms with Gasteiger partial charge in [0.2, 0.25) is 0 Å². The van der Waals surface area contributed by atoms with Crippen molar-refractivity contribution in [2.45, 2.75) is 6.42 Å². The van der Waals surface area contributed by atoms with Crippen molar-refractivity contribution >= 4 is 39.0 Å². The first kappa shape index (κ1) is 10.9. The van der Waals surface area contributed by atoms with E-state index in [9.17, 15) is 0 Å². The van der Waals surface area contributed by atoms with Crippen LogP contribution in [-0.4, -0.2) is 34.1 Å². The molecule has 0 aliphatic carbocycles. The Bertz CT molecular complexity index is 106. The second-order valence-corrected chi connectivity index (χ2v) is 4.09. The summed E-state index contributed by atoms with van der Waals surface area (Å²) in [6, 6.07) is 0. The summed E-state index contributed by atoms with van der Waals surface area (Å²) in [5.74, 6) is 1.04. The van der Waals surface area contributed by atoms with Crippen LogP contribution in [0.15, 0.2) is 0 Å². The molecule has 0 heterocycles. The highest BCUT2D eigenvalue weighted by Gasteiger charge is 1.89. The van der Waals surface area contributed by atoms with Crippen molar-refractivity contribution < 1.29 is 9.84 Å². The first-order chi connectivity index (χ1) is 4.81. The van der Waals surface area contributed by atoms with Gasteiger partial charge in [-0.2, -0.15) is 11.4 Å². The maximum Gasteiger partial charge on any atom is 0.0718 e. The molecular formula is C6H13IO2S. The third-order valence-corrected chi connectivity index (χ3v) is 3.34. The van der Waals surface area contributed by atoms with Gasteiger partial charge in [-0.3, -0.25) is 0 Å². The summed E-state index contributed by atoms with van der Waals surface area (Å²) in [6.45, 7) is 0.625. The van der Waals surface area contributed by atoms with Crippen LogP contribution in [0.2, 0.25) is 0 Å². The number of hydrogen-bond acceptors (Lipinski definition) is 1. The summed E-state index contributed by atoms with van der Waals surface area (Å²) in [6.07, 6.45) is 0.675. The molecule has 0 aromatic carbocycles. The first-order valence-electron chi connectivity index (χ1n) is 3.08. The van der Waals surface area contributed by atoms with Crippen molar-refractivity contribution in [1.82, 2.24) is 0 Å². The lowest BCUT2D eigenvalue weighted by atomic mass is 10.5. The summed E-state index contributed by atoms with van der Waals surface area (Å²) < 4.78 is 5.90. The molecule has 0 aromatic heterocycles. The molecule has 0 saturated heterocycles. The molecule has 0 aliphatic heterocycles. The van der Waals surface area contributed by atoms with Crippen LogP contribution in [-0.2, 0) is 4.74 Å². The number of ether oxygens (including phenoxy) is 1. The number of thiol groups is 1. The third-order valence-electron chi connectivity index (χ3n) is 0.909. The molecule has 4 heteroatoms. The summed E-state index contributed by atoms with van der Waals surface area (Å²) in [4.78, 5) is 0. The van der Waals surface area contributed by atoms with Crippen molar-refractivity contribution in [1.29, 1.82) is 0 Å². The number of halogens is 1. The summed E-state index contributed by atoms with van der Waals surface area (Å²) in [5.41, 5.74) is 0. The van der Waals surface area contributed by atoms with Crippen LogP contribution in [0, 0.1) is 0 Å². The predicted octanol–water partition coefficient (Wildman–Crippen LogP) is 1.61. The van der Waals surface area contributed by atoms with Crippen molar-refractivity contribution in [3.8, 4) is 0 Å². The number of rotatable bonds is 5. The SMILES string of the molecule is COCCC(O)=[SH]CCI. The van der Waals surface area contributed by atoms with Gasteiger partial charge < -0.3 is 9.84 Å². The molecule has 0 rings (SSSR count). The molecule has 0 aliphatic rings. The fourth-order valence-electron chi connectivity index (χ4n) is 0.444. The number of aliphatic hydroxyl groups excluding tert-OH is 1.